The normalized spacial score (nSPS) is 12.6. The van der Waals surface area contributed by atoms with Crippen molar-refractivity contribution in [1.29, 1.82) is 0 Å². The first-order valence-electron chi connectivity index (χ1n) is 16.2. The van der Waals surface area contributed by atoms with Gasteiger partial charge in [-0.3, -0.25) is 0 Å². The molecule has 238 valence electrons. The molecule has 0 aromatic carbocycles. The maximum atomic E-state index is 11.2. The van der Waals surface area contributed by atoms with Gasteiger partial charge in [-0.1, -0.05) is 129 Å². The van der Waals surface area contributed by atoms with Crippen LogP contribution >= 0.6 is 0 Å². The van der Waals surface area contributed by atoms with E-state index in [9.17, 15) is 14.4 Å². The maximum Gasteiger partial charge on any atom is 0.333 e. The second-order valence-electron chi connectivity index (χ2n) is 11.2. The summed E-state index contributed by atoms with van der Waals surface area (Å²) in [7, 11) is 0. The van der Waals surface area contributed by atoms with Gasteiger partial charge in [0.2, 0.25) is 0 Å². The van der Waals surface area contributed by atoms with Crippen molar-refractivity contribution >= 4 is 17.9 Å². The molecule has 0 atom stereocenters. The van der Waals surface area contributed by atoms with E-state index in [-0.39, 0.29) is 23.6 Å². The molecule has 1 N–H and O–H groups in total. The molecule has 1 rings (SSSR count). The van der Waals surface area contributed by atoms with Gasteiger partial charge in [0, 0.05) is 17.2 Å². The SMILES string of the molecule is C=C(C)C(=O)O.C=C(C)C(=O)OCCCCCCCCCCCCCCCCCC.C=CC(=O)OC1CCCCC1. The molecule has 1 aliphatic rings. The summed E-state index contributed by atoms with van der Waals surface area (Å²) < 4.78 is 10.2. The lowest BCUT2D eigenvalue weighted by Gasteiger charge is -2.20. The average Bonchev–Trinajstić information content (AvgIpc) is 2.95. The molecule has 0 aliphatic heterocycles. The molecule has 1 fully saturated rings. The fourth-order valence-corrected chi connectivity index (χ4v) is 4.33. The van der Waals surface area contributed by atoms with E-state index in [4.69, 9.17) is 14.6 Å². The summed E-state index contributed by atoms with van der Waals surface area (Å²) in [5, 5.41) is 7.89. The molecule has 6 nitrogen and oxygen atoms in total. The Kier molecular flexibility index (Phi) is 30.4. The Hall–Kier alpha value is -2.37. The van der Waals surface area contributed by atoms with Crippen LogP contribution in [0.3, 0.4) is 0 Å². The smallest absolute Gasteiger partial charge is 0.333 e. The molecule has 0 amide bonds. The third-order valence-electron chi connectivity index (χ3n) is 6.95. The van der Waals surface area contributed by atoms with Crippen LogP contribution in [0.25, 0.3) is 0 Å². The van der Waals surface area contributed by atoms with Gasteiger partial charge in [0.1, 0.15) is 6.10 Å². The summed E-state index contributed by atoms with van der Waals surface area (Å²) in [6, 6.07) is 0. The number of hydrogen-bond acceptors (Lipinski definition) is 5. The molecular weight excluding hydrogens is 516 g/mol. The van der Waals surface area contributed by atoms with Crippen molar-refractivity contribution in [1.82, 2.24) is 0 Å². The highest BCUT2D eigenvalue weighted by Gasteiger charge is 2.15. The van der Waals surface area contributed by atoms with Crippen molar-refractivity contribution in [2.24, 2.45) is 0 Å². The maximum absolute atomic E-state index is 11.2. The van der Waals surface area contributed by atoms with E-state index in [2.05, 4.69) is 26.7 Å². The van der Waals surface area contributed by atoms with E-state index in [1.807, 2.05) is 0 Å². The van der Waals surface area contributed by atoms with Gasteiger partial charge in [0.25, 0.3) is 0 Å². The Bertz CT molecular complexity index is 693. The van der Waals surface area contributed by atoms with E-state index in [0.717, 1.165) is 19.3 Å². The number of carboxylic acid groups (broad SMARTS) is 1. The van der Waals surface area contributed by atoms with E-state index < -0.39 is 5.97 Å². The molecule has 41 heavy (non-hydrogen) atoms. The van der Waals surface area contributed by atoms with Crippen LogP contribution in [0, 0.1) is 0 Å². The molecule has 0 heterocycles. The number of carbonyl (C=O) groups excluding carboxylic acids is 2. The summed E-state index contributed by atoms with van der Waals surface area (Å²) in [6.07, 6.45) is 28.8. The van der Waals surface area contributed by atoms with Crippen molar-refractivity contribution < 1.29 is 29.0 Å². The van der Waals surface area contributed by atoms with Gasteiger partial charge in [0.15, 0.2) is 0 Å². The summed E-state index contributed by atoms with van der Waals surface area (Å²) >= 11 is 0. The fraction of sp³-hybridized carbons (Fsp3) is 0.743. The lowest BCUT2D eigenvalue weighted by atomic mass is 9.98. The second-order valence-corrected chi connectivity index (χ2v) is 11.2. The van der Waals surface area contributed by atoms with Crippen LogP contribution in [-0.2, 0) is 23.9 Å². The first kappa shape index (κ1) is 40.8. The first-order chi connectivity index (χ1) is 19.6. The topological polar surface area (TPSA) is 89.9 Å². The van der Waals surface area contributed by atoms with Crippen LogP contribution in [-0.4, -0.2) is 35.7 Å². The Morgan fingerprint density at radius 1 is 0.707 bits per heavy atom. The zero-order chi connectivity index (χ0) is 31.1. The number of unbranched alkanes of at least 4 members (excludes halogenated alkanes) is 15. The lowest BCUT2D eigenvalue weighted by Crippen LogP contribution is -2.19. The molecule has 0 spiro atoms. The molecule has 1 saturated carbocycles. The van der Waals surface area contributed by atoms with Crippen LogP contribution in [0.4, 0.5) is 0 Å². The Morgan fingerprint density at radius 2 is 1.10 bits per heavy atom. The number of esters is 2. The van der Waals surface area contributed by atoms with E-state index in [1.54, 1.807) is 6.92 Å². The molecule has 0 radical (unpaired) electrons. The summed E-state index contributed by atoms with van der Waals surface area (Å²) in [4.78, 5) is 31.5. The van der Waals surface area contributed by atoms with Gasteiger partial charge in [-0.15, -0.1) is 0 Å². The van der Waals surface area contributed by atoms with Gasteiger partial charge >= 0.3 is 17.9 Å². The van der Waals surface area contributed by atoms with Crippen LogP contribution in [0.1, 0.15) is 156 Å². The first-order valence-corrected chi connectivity index (χ1v) is 16.2. The molecule has 0 bridgehead atoms. The van der Waals surface area contributed by atoms with Crippen molar-refractivity contribution in [3.63, 3.8) is 0 Å². The van der Waals surface area contributed by atoms with E-state index >= 15 is 0 Å². The van der Waals surface area contributed by atoms with Crippen molar-refractivity contribution in [2.75, 3.05) is 6.61 Å². The average molecular weight is 579 g/mol. The summed E-state index contributed by atoms with van der Waals surface area (Å²) in [6.45, 7) is 16.0. The van der Waals surface area contributed by atoms with Gasteiger partial charge < -0.3 is 14.6 Å². The standard InChI is InChI=1S/C22H42O2.C9H14O2.C4H6O2/c1-4-5-6-7-8-9-10-11-12-13-14-15-16-17-18-19-20-24-22(23)21(2)3;1-2-9(10)11-8-6-4-3-5-7-8;1-3(2)4(5)6/h2,4-20H2,1,3H3;2,8H,1,3-7H2;1H2,2H3,(H,5,6). The second kappa shape index (κ2) is 30.6. The zero-order valence-corrected chi connectivity index (χ0v) is 26.8. The molecule has 0 saturated heterocycles. The minimum absolute atomic E-state index is 0.161. The monoisotopic (exact) mass is 578 g/mol. The lowest BCUT2D eigenvalue weighted by molar-refractivity contribution is -0.144. The van der Waals surface area contributed by atoms with Crippen molar-refractivity contribution in [3.05, 3.63) is 37.0 Å². The minimum Gasteiger partial charge on any atom is -0.478 e. The highest BCUT2D eigenvalue weighted by molar-refractivity contribution is 5.86. The van der Waals surface area contributed by atoms with Crippen LogP contribution < -0.4 is 0 Å². The van der Waals surface area contributed by atoms with E-state index in [1.165, 1.54) is 129 Å². The largest absolute Gasteiger partial charge is 0.478 e. The van der Waals surface area contributed by atoms with Crippen molar-refractivity contribution in [3.8, 4) is 0 Å². The van der Waals surface area contributed by atoms with Crippen LogP contribution in [0.2, 0.25) is 0 Å². The predicted octanol–water partition coefficient (Wildman–Crippen LogP) is 10.1. The van der Waals surface area contributed by atoms with Crippen molar-refractivity contribution in [2.45, 2.75) is 162 Å². The Labute approximate surface area is 252 Å². The zero-order valence-electron chi connectivity index (χ0n) is 26.8. The number of ether oxygens (including phenoxy) is 2. The number of rotatable bonds is 21. The third-order valence-corrected chi connectivity index (χ3v) is 6.95. The molecule has 6 heteroatoms. The third kappa shape index (κ3) is 32.0. The highest BCUT2D eigenvalue weighted by atomic mass is 16.5. The minimum atomic E-state index is -0.935. The van der Waals surface area contributed by atoms with E-state index in [0.29, 0.717) is 12.2 Å². The molecule has 0 unspecified atom stereocenters. The van der Waals surface area contributed by atoms with Gasteiger partial charge in [-0.25, -0.2) is 14.4 Å². The predicted molar refractivity (Wildman–Crippen MR) is 171 cm³/mol. The van der Waals surface area contributed by atoms with Gasteiger partial charge in [-0.2, -0.15) is 0 Å². The number of carbonyl (C=O) groups is 3. The summed E-state index contributed by atoms with van der Waals surface area (Å²) in [5.41, 5.74) is 0.668. The van der Waals surface area contributed by atoms with Gasteiger partial charge in [-0.05, 0) is 46.0 Å². The summed E-state index contributed by atoms with van der Waals surface area (Å²) in [5.74, 6) is -1.47. The number of carboxylic acids is 1. The van der Waals surface area contributed by atoms with Gasteiger partial charge in [0.05, 0.1) is 6.61 Å². The fourth-order valence-electron chi connectivity index (χ4n) is 4.33. The molecule has 1 aliphatic carbocycles. The molecular formula is C35H62O6. The van der Waals surface area contributed by atoms with Crippen LogP contribution in [0.5, 0.6) is 0 Å². The number of aliphatic carboxylic acids is 1. The molecule has 0 aromatic rings. The Balaban J connectivity index is 0. The number of hydrogen-bond donors (Lipinski definition) is 1. The molecule has 0 aromatic heterocycles. The van der Waals surface area contributed by atoms with Crippen LogP contribution in [0.15, 0.2) is 37.0 Å². The Morgan fingerprint density at radius 3 is 1.44 bits per heavy atom. The highest BCUT2D eigenvalue weighted by Crippen LogP contribution is 2.20. The quantitative estimate of drug-likeness (QED) is 0.0828.